The Morgan fingerprint density at radius 1 is 1.03 bits per heavy atom. The van der Waals surface area contributed by atoms with E-state index in [4.69, 9.17) is 9.47 Å². The fourth-order valence-electron chi connectivity index (χ4n) is 5.62. The van der Waals surface area contributed by atoms with Crippen molar-refractivity contribution in [2.24, 2.45) is 0 Å². The van der Waals surface area contributed by atoms with Crippen molar-refractivity contribution in [1.82, 2.24) is 9.80 Å². The molecule has 2 aromatic rings. The molecule has 1 spiro atoms. The first-order valence-corrected chi connectivity index (χ1v) is 13.1. The smallest absolute Gasteiger partial charge is 0.296 e. The Balaban J connectivity index is 1.58. The van der Waals surface area contributed by atoms with Gasteiger partial charge in [-0.15, -0.1) is 0 Å². The minimum atomic E-state index is -1.73. The van der Waals surface area contributed by atoms with E-state index >= 15 is 0 Å². The molecule has 2 amide bonds. The Kier molecular flexibility index (Phi) is 7.23. The molecule has 38 heavy (non-hydrogen) atoms. The van der Waals surface area contributed by atoms with E-state index in [0.717, 1.165) is 19.5 Å². The van der Waals surface area contributed by atoms with Gasteiger partial charge in [0, 0.05) is 50.0 Å². The van der Waals surface area contributed by atoms with Gasteiger partial charge in [-0.2, -0.15) is 0 Å². The number of aliphatic hydroxyl groups is 1. The zero-order valence-electron chi connectivity index (χ0n) is 21.8. The molecule has 5 rings (SSSR count). The summed E-state index contributed by atoms with van der Waals surface area (Å²) in [6.45, 7) is 6.37. The van der Waals surface area contributed by atoms with Crippen LogP contribution in [0, 0.1) is 0 Å². The molecule has 0 aliphatic carbocycles. The molecule has 0 bridgehead atoms. The van der Waals surface area contributed by atoms with E-state index in [2.05, 4.69) is 4.90 Å². The summed E-state index contributed by atoms with van der Waals surface area (Å²) in [5, 5.41) is 11.5. The van der Waals surface area contributed by atoms with E-state index in [1.807, 2.05) is 6.92 Å². The van der Waals surface area contributed by atoms with E-state index in [1.54, 1.807) is 55.6 Å². The van der Waals surface area contributed by atoms with E-state index in [0.29, 0.717) is 55.4 Å². The summed E-state index contributed by atoms with van der Waals surface area (Å²) in [4.78, 5) is 46.3. The molecule has 9 heteroatoms. The Morgan fingerprint density at radius 2 is 1.74 bits per heavy atom. The van der Waals surface area contributed by atoms with Crippen molar-refractivity contribution in [2.75, 3.05) is 57.9 Å². The Bertz CT molecular complexity index is 1270. The van der Waals surface area contributed by atoms with Crippen LogP contribution in [0.25, 0.3) is 5.76 Å². The maximum Gasteiger partial charge on any atom is 0.296 e. The number of likely N-dealkylation sites (tertiary alicyclic amines) is 1. The van der Waals surface area contributed by atoms with Crippen LogP contribution in [0.1, 0.15) is 30.9 Å². The molecule has 0 saturated carbocycles. The molecule has 0 radical (unpaired) electrons. The lowest BCUT2D eigenvalue weighted by Crippen LogP contribution is -2.52. The van der Waals surface area contributed by atoms with Gasteiger partial charge in [-0.1, -0.05) is 25.1 Å². The molecular weight excluding hydrogens is 486 g/mol. The lowest BCUT2D eigenvalue weighted by molar-refractivity contribution is -0.143. The predicted octanol–water partition coefficient (Wildman–Crippen LogP) is 2.75. The summed E-state index contributed by atoms with van der Waals surface area (Å²) >= 11 is 0. The normalized spacial score (nSPS) is 22.9. The van der Waals surface area contributed by atoms with Crippen molar-refractivity contribution in [3.05, 3.63) is 65.2 Å². The Morgan fingerprint density at radius 3 is 2.45 bits per heavy atom. The van der Waals surface area contributed by atoms with Crippen LogP contribution in [-0.2, 0) is 24.7 Å². The van der Waals surface area contributed by atoms with Crippen LogP contribution in [-0.4, -0.2) is 85.6 Å². The van der Waals surface area contributed by atoms with Gasteiger partial charge in [-0.3, -0.25) is 19.3 Å². The monoisotopic (exact) mass is 519 g/mol. The Labute approximate surface area is 222 Å². The van der Waals surface area contributed by atoms with Crippen LogP contribution in [0.15, 0.2) is 54.1 Å². The topological polar surface area (TPSA) is 99.6 Å². The molecule has 200 valence electrons. The number of aliphatic hydroxyl groups excluding tert-OH is 1. The molecule has 0 unspecified atom stereocenters. The lowest BCUT2D eigenvalue weighted by Gasteiger charge is -2.35. The average molecular weight is 520 g/mol. The SMILES string of the molecule is CCCOc1ccc(/C(O)=C2\C(=O)C(=O)N(CCCN3CCOCC3)[C@@]23C(=O)N(C)c2ccccc23)cc1. The van der Waals surface area contributed by atoms with Crippen molar-refractivity contribution in [3.63, 3.8) is 0 Å². The first-order chi connectivity index (χ1) is 18.4. The van der Waals surface area contributed by atoms with Crippen molar-refractivity contribution in [3.8, 4) is 5.75 Å². The number of nitrogens with zero attached hydrogens (tertiary/aromatic N) is 3. The molecule has 1 atom stereocenters. The van der Waals surface area contributed by atoms with Gasteiger partial charge in [0.2, 0.25) is 0 Å². The first kappa shape index (κ1) is 25.9. The average Bonchev–Trinajstić information content (AvgIpc) is 3.31. The molecule has 2 saturated heterocycles. The number of para-hydroxylation sites is 1. The largest absolute Gasteiger partial charge is 0.507 e. The van der Waals surface area contributed by atoms with Gasteiger partial charge in [0.05, 0.1) is 25.4 Å². The van der Waals surface area contributed by atoms with Crippen molar-refractivity contribution < 1.29 is 29.0 Å². The van der Waals surface area contributed by atoms with Gasteiger partial charge in [0.15, 0.2) is 5.54 Å². The van der Waals surface area contributed by atoms with Gasteiger partial charge >= 0.3 is 0 Å². The van der Waals surface area contributed by atoms with E-state index < -0.39 is 23.1 Å². The van der Waals surface area contributed by atoms with Crippen molar-refractivity contribution in [2.45, 2.75) is 25.3 Å². The molecule has 9 nitrogen and oxygen atoms in total. The van der Waals surface area contributed by atoms with Gasteiger partial charge in [0.25, 0.3) is 17.6 Å². The molecule has 3 aliphatic rings. The summed E-state index contributed by atoms with van der Waals surface area (Å²) in [6, 6.07) is 13.8. The number of carbonyl (C=O) groups excluding carboxylic acids is 3. The summed E-state index contributed by atoms with van der Waals surface area (Å²) in [5.41, 5.74) is -0.474. The number of amides is 2. The zero-order valence-corrected chi connectivity index (χ0v) is 21.8. The van der Waals surface area contributed by atoms with Crippen LogP contribution >= 0.6 is 0 Å². The third kappa shape index (κ3) is 4.16. The first-order valence-electron chi connectivity index (χ1n) is 13.1. The summed E-state index contributed by atoms with van der Waals surface area (Å²) in [6.07, 6.45) is 1.42. The van der Waals surface area contributed by atoms with Crippen molar-refractivity contribution >= 4 is 29.0 Å². The van der Waals surface area contributed by atoms with Gasteiger partial charge in [0.1, 0.15) is 11.5 Å². The minimum Gasteiger partial charge on any atom is -0.507 e. The lowest BCUT2D eigenvalue weighted by atomic mass is 9.82. The number of ketones is 1. The molecule has 1 N–H and O–H groups in total. The number of carbonyl (C=O) groups is 3. The van der Waals surface area contributed by atoms with E-state index in [9.17, 15) is 19.5 Å². The number of likely N-dealkylation sites (N-methyl/N-ethyl adjacent to an activating group) is 1. The number of rotatable bonds is 8. The predicted molar refractivity (Wildman–Crippen MR) is 142 cm³/mol. The van der Waals surface area contributed by atoms with E-state index in [-0.39, 0.29) is 17.9 Å². The molecule has 3 heterocycles. The number of morpholine rings is 1. The highest BCUT2D eigenvalue weighted by atomic mass is 16.5. The summed E-state index contributed by atoms with van der Waals surface area (Å²) in [7, 11) is 1.63. The Hall–Kier alpha value is -3.69. The number of anilines is 1. The zero-order chi connectivity index (χ0) is 26.9. The highest BCUT2D eigenvalue weighted by molar-refractivity contribution is 6.50. The number of benzene rings is 2. The maximum absolute atomic E-state index is 14.1. The highest BCUT2D eigenvalue weighted by Gasteiger charge is 2.66. The second-order valence-electron chi connectivity index (χ2n) is 9.78. The van der Waals surface area contributed by atoms with Crippen LogP contribution in [0.5, 0.6) is 5.75 Å². The quantitative estimate of drug-likeness (QED) is 0.325. The minimum absolute atomic E-state index is 0.191. The summed E-state index contributed by atoms with van der Waals surface area (Å²) in [5.74, 6) is -1.83. The highest BCUT2D eigenvalue weighted by Crippen LogP contribution is 2.53. The number of Topliss-reactive ketones (excluding diaryl/α,β-unsaturated/α-hetero) is 1. The second-order valence-corrected chi connectivity index (χ2v) is 9.78. The number of fused-ring (bicyclic) bond motifs is 2. The second kappa shape index (κ2) is 10.6. The van der Waals surface area contributed by atoms with Crippen LogP contribution in [0.4, 0.5) is 5.69 Å². The number of hydrogen-bond donors (Lipinski definition) is 1. The van der Waals surface area contributed by atoms with Gasteiger partial charge < -0.3 is 24.4 Å². The van der Waals surface area contributed by atoms with Crippen LogP contribution in [0.3, 0.4) is 0 Å². The fraction of sp³-hybridized carbons (Fsp3) is 0.414. The molecular formula is C29H33N3O6. The van der Waals surface area contributed by atoms with E-state index in [1.165, 1.54) is 9.80 Å². The van der Waals surface area contributed by atoms with Crippen molar-refractivity contribution in [1.29, 1.82) is 0 Å². The summed E-state index contributed by atoms with van der Waals surface area (Å²) < 4.78 is 11.1. The van der Waals surface area contributed by atoms with Gasteiger partial charge in [-0.25, -0.2) is 0 Å². The number of ether oxygens (including phenoxy) is 2. The standard InChI is InChI=1S/C29H33N3O6/c1-3-17-38-21-11-9-20(10-12-21)25(33)24-26(34)27(35)32(14-6-13-31-15-18-37-19-16-31)29(24)22-7-4-5-8-23(22)30(2)28(29)36/h4-5,7-12,33H,3,6,13-19H2,1-2H3/b25-24-/t29-/m1/s1. The molecule has 2 aromatic carbocycles. The third-order valence-corrected chi connectivity index (χ3v) is 7.50. The third-order valence-electron chi connectivity index (χ3n) is 7.50. The number of hydrogen-bond acceptors (Lipinski definition) is 7. The maximum atomic E-state index is 14.1. The fourth-order valence-corrected chi connectivity index (χ4v) is 5.62. The molecule has 3 aliphatic heterocycles. The van der Waals surface area contributed by atoms with Gasteiger partial charge in [-0.05, 0) is 43.2 Å². The molecule has 2 fully saturated rings. The van der Waals surface area contributed by atoms with Crippen LogP contribution < -0.4 is 9.64 Å². The van der Waals surface area contributed by atoms with Crippen LogP contribution in [0.2, 0.25) is 0 Å². The molecule has 0 aromatic heterocycles.